The summed E-state index contributed by atoms with van der Waals surface area (Å²) in [5.74, 6) is -0.702. The van der Waals surface area contributed by atoms with E-state index in [-0.39, 0.29) is 37.4 Å². The minimum atomic E-state index is -0.353. The first-order valence-corrected chi connectivity index (χ1v) is 8.97. The second-order valence-corrected chi connectivity index (χ2v) is 7.26. The van der Waals surface area contributed by atoms with Gasteiger partial charge in [0.25, 0.3) is 0 Å². The molecule has 0 aromatic heterocycles. The van der Waals surface area contributed by atoms with Crippen molar-refractivity contribution in [2.45, 2.75) is 18.9 Å². The fourth-order valence-electron chi connectivity index (χ4n) is 2.23. The standard InChI is InChI=1S/C17H22Cl2N4O3/c1-22(8-15(24)20-11-3-4-11)10-17(26)23(2)9-16(25)21-12-5-6-13(18)14(19)7-12/h5-7,11H,3-4,8-10H2,1-2H3,(H,20,24)(H,21,25). The van der Waals surface area contributed by atoms with Crippen LogP contribution in [0.4, 0.5) is 5.69 Å². The van der Waals surface area contributed by atoms with Crippen LogP contribution in [0, 0.1) is 0 Å². The lowest BCUT2D eigenvalue weighted by Crippen LogP contribution is -2.43. The van der Waals surface area contributed by atoms with Crippen molar-refractivity contribution < 1.29 is 14.4 Å². The highest BCUT2D eigenvalue weighted by atomic mass is 35.5. The van der Waals surface area contributed by atoms with Crippen LogP contribution in [0.25, 0.3) is 0 Å². The minimum Gasteiger partial charge on any atom is -0.352 e. The van der Waals surface area contributed by atoms with Crippen LogP contribution in [0.1, 0.15) is 12.8 Å². The van der Waals surface area contributed by atoms with Crippen molar-refractivity contribution in [2.24, 2.45) is 0 Å². The molecule has 2 N–H and O–H groups in total. The van der Waals surface area contributed by atoms with Gasteiger partial charge in [-0.25, -0.2) is 0 Å². The summed E-state index contributed by atoms with van der Waals surface area (Å²) in [6.07, 6.45) is 2.04. The predicted molar refractivity (Wildman–Crippen MR) is 101 cm³/mol. The number of nitrogens with zero attached hydrogens (tertiary/aromatic N) is 2. The van der Waals surface area contributed by atoms with Crippen molar-refractivity contribution in [1.29, 1.82) is 0 Å². The summed E-state index contributed by atoms with van der Waals surface area (Å²) < 4.78 is 0. The Labute approximate surface area is 162 Å². The summed E-state index contributed by atoms with van der Waals surface area (Å²) in [5, 5.41) is 6.25. The Morgan fingerprint density at radius 2 is 1.73 bits per heavy atom. The van der Waals surface area contributed by atoms with Gasteiger partial charge in [-0.3, -0.25) is 19.3 Å². The second-order valence-electron chi connectivity index (χ2n) is 6.44. The largest absolute Gasteiger partial charge is 0.352 e. The molecule has 0 spiro atoms. The average Bonchev–Trinajstić information content (AvgIpc) is 3.34. The highest BCUT2D eigenvalue weighted by Crippen LogP contribution is 2.24. The lowest BCUT2D eigenvalue weighted by molar-refractivity contribution is -0.134. The van der Waals surface area contributed by atoms with E-state index in [1.165, 1.54) is 18.0 Å². The van der Waals surface area contributed by atoms with Gasteiger partial charge >= 0.3 is 0 Å². The van der Waals surface area contributed by atoms with Gasteiger partial charge in [0.2, 0.25) is 17.7 Å². The molecule has 0 atom stereocenters. The number of amides is 3. The maximum Gasteiger partial charge on any atom is 0.243 e. The molecule has 2 rings (SSSR count). The average molecular weight is 401 g/mol. The number of anilines is 1. The van der Waals surface area contributed by atoms with Crippen LogP contribution in [-0.4, -0.2) is 67.3 Å². The number of carbonyl (C=O) groups is 3. The summed E-state index contributed by atoms with van der Waals surface area (Å²) in [6, 6.07) is 5.03. The summed E-state index contributed by atoms with van der Waals surface area (Å²) in [7, 11) is 3.23. The Balaban J connectivity index is 1.74. The second kappa shape index (κ2) is 9.21. The predicted octanol–water partition coefficient (Wildman–Crippen LogP) is 1.60. The van der Waals surface area contributed by atoms with Crippen molar-refractivity contribution in [3.05, 3.63) is 28.2 Å². The Hall–Kier alpha value is -1.83. The van der Waals surface area contributed by atoms with Crippen molar-refractivity contribution in [3.63, 3.8) is 0 Å². The van der Waals surface area contributed by atoms with Crippen LogP contribution in [0.5, 0.6) is 0 Å². The van der Waals surface area contributed by atoms with Gasteiger partial charge in [-0.2, -0.15) is 0 Å². The quantitative estimate of drug-likeness (QED) is 0.694. The zero-order valence-corrected chi connectivity index (χ0v) is 16.2. The Kier molecular flexibility index (Phi) is 7.25. The van der Waals surface area contributed by atoms with Crippen molar-refractivity contribution in [3.8, 4) is 0 Å². The molecule has 1 aliphatic carbocycles. The van der Waals surface area contributed by atoms with Crippen LogP contribution in [0.2, 0.25) is 10.0 Å². The fraction of sp³-hybridized carbons (Fsp3) is 0.471. The van der Waals surface area contributed by atoms with E-state index in [1.807, 2.05) is 0 Å². The first kappa shape index (κ1) is 20.5. The van der Waals surface area contributed by atoms with Gasteiger partial charge in [0.1, 0.15) is 0 Å². The monoisotopic (exact) mass is 400 g/mol. The van der Waals surface area contributed by atoms with Gasteiger partial charge in [0.05, 0.1) is 29.7 Å². The lowest BCUT2D eigenvalue weighted by Gasteiger charge is -2.21. The number of likely N-dealkylation sites (N-methyl/N-ethyl adjacent to an activating group) is 2. The van der Waals surface area contributed by atoms with Gasteiger partial charge in [-0.05, 0) is 38.1 Å². The Morgan fingerprint density at radius 1 is 1.04 bits per heavy atom. The molecule has 1 aromatic rings. The number of rotatable bonds is 8. The van der Waals surface area contributed by atoms with Gasteiger partial charge in [0, 0.05) is 18.8 Å². The molecular weight excluding hydrogens is 379 g/mol. The third-order valence-electron chi connectivity index (χ3n) is 3.77. The van der Waals surface area contributed by atoms with Crippen LogP contribution in [0.15, 0.2) is 18.2 Å². The maximum absolute atomic E-state index is 12.2. The molecule has 1 saturated carbocycles. The zero-order chi connectivity index (χ0) is 19.3. The lowest BCUT2D eigenvalue weighted by atomic mass is 10.3. The van der Waals surface area contributed by atoms with Crippen molar-refractivity contribution in [1.82, 2.24) is 15.1 Å². The van der Waals surface area contributed by atoms with Crippen LogP contribution < -0.4 is 10.6 Å². The van der Waals surface area contributed by atoms with Crippen LogP contribution in [-0.2, 0) is 14.4 Å². The first-order chi connectivity index (χ1) is 12.2. The van der Waals surface area contributed by atoms with Gasteiger partial charge in [-0.1, -0.05) is 23.2 Å². The van der Waals surface area contributed by atoms with E-state index in [4.69, 9.17) is 23.2 Å². The number of hydrogen-bond acceptors (Lipinski definition) is 4. The molecule has 0 aliphatic heterocycles. The molecule has 9 heteroatoms. The third-order valence-corrected chi connectivity index (χ3v) is 4.51. The molecule has 0 radical (unpaired) electrons. The number of nitrogens with one attached hydrogen (secondary N) is 2. The van der Waals surface area contributed by atoms with E-state index in [2.05, 4.69) is 10.6 Å². The number of hydrogen-bond donors (Lipinski definition) is 2. The summed E-state index contributed by atoms with van der Waals surface area (Å²) in [5.41, 5.74) is 0.499. The third kappa shape index (κ3) is 6.82. The smallest absolute Gasteiger partial charge is 0.243 e. The van der Waals surface area contributed by atoms with E-state index >= 15 is 0 Å². The normalized spacial score (nSPS) is 13.4. The van der Waals surface area contributed by atoms with Crippen LogP contribution in [0.3, 0.4) is 0 Å². The minimum absolute atomic E-state index is 0.0502. The Bertz CT molecular complexity index is 695. The molecule has 1 fully saturated rings. The highest BCUT2D eigenvalue weighted by molar-refractivity contribution is 6.42. The van der Waals surface area contributed by atoms with Crippen molar-refractivity contribution >= 4 is 46.6 Å². The molecule has 0 heterocycles. The molecule has 26 heavy (non-hydrogen) atoms. The molecule has 3 amide bonds. The zero-order valence-electron chi connectivity index (χ0n) is 14.7. The molecule has 7 nitrogen and oxygen atoms in total. The van der Waals surface area contributed by atoms with Gasteiger partial charge in [0.15, 0.2) is 0 Å². The summed E-state index contributed by atoms with van der Waals surface area (Å²) in [6.45, 7) is 0.0847. The molecule has 142 valence electrons. The number of carbonyl (C=O) groups excluding carboxylic acids is 3. The molecule has 1 aromatic carbocycles. The molecule has 0 unspecified atom stereocenters. The molecule has 0 bridgehead atoms. The van der Waals surface area contributed by atoms with E-state index in [0.717, 1.165) is 12.8 Å². The van der Waals surface area contributed by atoms with Gasteiger partial charge < -0.3 is 15.5 Å². The first-order valence-electron chi connectivity index (χ1n) is 8.21. The topological polar surface area (TPSA) is 81.8 Å². The summed E-state index contributed by atoms with van der Waals surface area (Å²) in [4.78, 5) is 38.9. The summed E-state index contributed by atoms with van der Waals surface area (Å²) >= 11 is 11.7. The fourth-order valence-corrected chi connectivity index (χ4v) is 2.53. The van der Waals surface area contributed by atoms with E-state index in [0.29, 0.717) is 21.8 Å². The maximum atomic E-state index is 12.2. The van der Waals surface area contributed by atoms with Gasteiger partial charge in [-0.15, -0.1) is 0 Å². The number of halogens is 2. The van der Waals surface area contributed by atoms with Crippen LogP contribution >= 0.6 is 23.2 Å². The molecule has 0 saturated heterocycles. The van der Waals surface area contributed by atoms with Crippen molar-refractivity contribution in [2.75, 3.05) is 39.0 Å². The highest BCUT2D eigenvalue weighted by Gasteiger charge is 2.24. The molecular formula is C17H22Cl2N4O3. The molecule has 1 aliphatic rings. The van der Waals surface area contributed by atoms with E-state index in [9.17, 15) is 14.4 Å². The Morgan fingerprint density at radius 3 is 2.35 bits per heavy atom. The van der Waals surface area contributed by atoms with E-state index < -0.39 is 0 Å². The van der Waals surface area contributed by atoms with E-state index in [1.54, 1.807) is 24.1 Å². The number of benzene rings is 1. The SMILES string of the molecule is CN(CC(=O)NC1CC1)CC(=O)N(C)CC(=O)Nc1ccc(Cl)c(Cl)c1.